The Morgan fingerprint density at radius 2 is 1.96 bits per heavy atom. The number of ether oxygens (including phenoxy) is 1. The van der Waals surface area contributed by atoms with Gasteiger partial charge in [-0.15, -0.1) is 0 Å². The van der Waals surface area contributed by atoms with Crippen LogP contribution in [-0.2, 0) is 7.05 Å². The summed E-state index contributed by atoms with van der Waals surface area (Å²) in [5, 5.41) is 7.30. The molecule has 1 saturated heterocycles. The van der Waals surface area contributed by atoms with Crippen molar-refractivity contribution in [3.63, 3.8) is 0 Å². The number of amides is 1. The predicted octanol–water partition coefficient (Wildman–Crippen LogP) is 0.926. The molecule has 0 aliphatic carbocycles. The maximum Gasteiger partial charge on any atom is 0.269 e. The van der Waals surface area contributed by atoms with Crippen LogP contribution in [0.2, 0.25) is 0 Å². The minimum Gasteiger partial charge on any atom is -0.494 e. The Labute approximate surface area is 140 Å². The summed E-state index contributed by atoms with van der Waals surface area (Å²) < 4.78 is 6.69. The van der Waals surface area contributed by atoms with E-state index in [1.807, 2.05) is 6.92 Å². The van der Waals surface area contributed by atoms with Crippen LogP contribution in [-0.4, -0.2) is 51.9 Å². The van der Waals surface area contributed by atoms with Crippen molar-refractivity contribution in [3.8, 4) is 5.75 Å². The summed E-state index contributed by atoms with van der Waals surface area (Å²) >= 11 is 0. The Kier molecular flexibility index (Phi) is 4.64. The van der Waals surface area contributed by atoms with Gasteiger partial charge < -0.3 is 15.0 Å². The molecule has 24 heavy (non-hydrogen) atoms. The largest absolute Gasteiger partial charge is 0.494 e. The van der Waals surface area contributed by atoms with Gasteiger partial charge in [-0.3, -0.25) is 9.48 Å². The fourth-order valence-corrected chi connectivity index (χ4v) is 2.88. The highest BCUT2D eigenvalue weighted by Gasteiger charge is 2.23. The zero-order valence-corrected chi connectivity index (χ0v) is 14.2. The van der Waals surface area contributed by atoms with E-state index < -0.39 is 0 Å². The second-order valence-corrected chi connectivity index (χ2v) is 5.95. The van der Waals surface area contributed by atoms with Gasteiger partial charge in [-0.05, 0) is 25.8 Å². The van der Waals surface area contributed by atoms with Crippen LogP contribution in [0.4, 0.5) is 5.95 Å². The Hall–Kier alpha value is -2.64. The average Bonchev–Trinajstić information content (AvgIpc) is 2.94. The van der Waals surface area contributed by atoms with Crippen molar-refractivity contribution >= 4 is 11.9 Å². The molecule has 8 nitrogen and oxygen atoms in total. The molecule has 1 aliphatic heterocycles. The summed E-state index contributed by atoms with van der Waals surface area (Å²) in [7, 11) is 3.38. The van der Waals surface area contributed by atoms with E-state index in [0.29, 0.717) is 17.4 Å². The van der Waals surface area contributed by atoms with Gasteiger partial charge in [0.25, 0.3) is 5.91 Å². The van der Waals surface area contributed by atoms with E-state index in [1.165, 1.54) is 0 Å². The topological polar surface area (TPSA) is 85.2 Å². The van der Waals surface area contributed by atoms with Crippen LogP contribution >= 0.6 is 0 Å². The van der Waals surface area contributed by atoms with Crippen molar-refractivity contribution in [2.75, 3.05) is 25.1 Å². The minimum atomic E-state index is -0.0720. The third-order valence-electron chi connectivity index (χ3n) is 4.20. The number of carbonyl (C=O) groups is 1. The van der Waals surface area contributed by atoms with Crippen molar-refractivity contribution in [1.29, 1.82) is 0 Å². The number of hydrogen-bond acceptors (Lipinski definition) is 6. The first kappa shape index (κ1) is 16.2. The number of hydrogen-bond donors (Lipinski definition) is 1. The molecule has 1 aliphatic rings. The molecule has 8 heteroatoms. The lowest BCUT2D eigenvalue weighted by Gasteiger charge is -2.32. The first-order valence-electron chi connectivity index (χ1n) is 7.99. The van der Waals surface area contributed by atoms with Crippen molar-refractivity contribution in [2.24, 2.45) is 7.05 Å². The second-order valence-electron chi connectivity index (χ2n) is 5.95. The lowest BCUT2D eigenvalue weighted by atomic mass is 10.1. The maximum atomic E-state index is 12.3. The number of aromatic nitrogens is 4. The van der Waals surface area contributed by atoms with Crippen molar-refractivity contribution in [2.45, 2.75) is 25.8 Å². The monoisotopic (exact) mass is 330 g/mol. The number of nitrogens with zero attached hydrogens (tertiary/aromatic N) is 5. The lowest BCUT2D eigenvalue weighted by molar-refractivity contribution is 0.0921. The van der Waals surface area contributed by atoms with Crippen LogP contribution in [0.1, 0.15) is 29.0 Å². The van der Waals surface area contributed by atoms with Crippen LogP contribution in [0, 0.1) is 6.92 Å². The lowest BCUT2D eigenvalue weighted by Crippen LogP contribution is -2.45. The molecule has 0 unspecified atom stereocenters. The molecular weight excluding hydrogens is 308 g/mol. The van der Waals surface area contributed by atoms with Gasteiger partial charge in [-0.2, -0.15) is 5.10 Å². The molecule has 0 radical (unpaired) electrons. The van der Waals surface area contributed by atoms with Crippen LogP contribution in [0.5, 0.6) is 5.75 Å². The van der Waals surface area contributed by atoms with Crippen LogP contribution in [0.25, 0.3) is 0 Å². The van der Waals surface area contributed by atoms with Crippen LogP contribution in [0.3, 0.4) is 0 Å². The van der Waals surface area contributed by atoms with Gasteiger partial charge in [0.15, 0.2) is 5.75 Å². The van der Waals surface area contributed by atoms with Gasteiger partial charge >= 0.3 is 0 Å². The van der Waals surface area contributed by atoms with Crippen LogP contribution < -0.4 is 15.0 Å². The second kappa shape index (κ2) is 6.86. The molecule has 2 aromatic heterocycles. The molecule has 1 fully saturated rings. The van der Waals surface area contributed by atoms with Crippen LogP contribution in [0.15, 0.2) is 18.5 Å². The Morgan fingerprint density at radius 1 is 1.29 bits per heavy atom. The standard InChI is InChI=1S/C16H22N6O2/c1-11-8-14(21(2)20-11)15(23)19-12-4-6-22(7-5-12)16-17-9-13(24-3)10-18-16/h8-10,12H,4-7H2,1-3H3,(H,19,23). The van der Waals surface area contributed by atoms with Gasteiger partial charge in [0, 0.05) is 26.2 Å². The average molecular weight is 330 g/mol. The Balaban J connectivity index is 1.55. The first-order chi connectivity index (χ1) is 11.6. The molecule has 1 amide bonds. The van der Waals surface area contributed by atoms with E-state index in [9.17, 15) is 4.79 Å². The molecule has 3 rings (SSSR count). The molecule has 1 N–H and O–H groups in total. The van der Waals surface area contributed by atoms with E-state index in [1.54, 1.807) is 37.3 Å². The number of anilines is 1. The SMILES string of the molecule is COc1cnc(N2CCC(NC(=O)c3cc(C)nn3C)CC2)nc1. The van der Waals surface area contributed by atoms with Gasteiger partial charge in [0.2, 0.25) is 5.95 Å². The number of nitrogens with one attached hydrogen (secondary N) is 1. The zero-order chi connectivity index (χ0) is 17.1. The Bertz CT molecular complexity index is 704. The van der Waals surface area contributed by atoms with E-state index in [4.69, 9.17) is 4.74 Å². The molecule has 128 valence electrons. The fourth-order valence-electron chi connectivity index (χ4n) is 2.88. The third-order valence-corrected chi connectivity index (χ3v) is 4.20. The van der Waals surface area contributed by atoms with Gasteiger partial charge in [-0.25, -0.2) is 9.97 Å². The third kappa shape index (κ3) is 3.47. The number of carbonyl (C=O) groups excluding carboxylic acids is 1. The summed E-state index contributed by atoms with van der Waals surface area (Å²) in [6.07, 6.45) is 5.05. The normalized spacial score (nSPS) is 15.4. The zero-order valence-electron chi connectivity index (χ0n) is 14.2. The maximum absolute atomic E-state index is 12.3. The van der Waals surface area contributed by atoms with E-state index >= 15 is 0 Å². The van der Waals surface area contributed by atoms with Gasteiger partial charge in [0.05, 0.1) is 25.2 Å². The summed E-state index contributed by atoms with van der Waals surface area (Å²) in [5.74, 6) is 1.27. The van der Waals surface area contributed by atoms with Crippen molar-refractivity contribution in [1.82, 2.24) is 25.1 Å². The van der Waals surface area contributed by atoms with E-state index in [2.05, 4.69) is 25.3 Å². The molecule has 0 saturated carbocycles. The molecule has 0 spiro atoms. The quantitative estimate of drug-likeness (QED) is 0.897. The molecular formula is C16H22N6O2. The Morgan fingerprint density at radius 3 is 2.50 bits per heavy atom. The number of rotatable bonds is 4. The van der Waals surface area contributed by atoms with E-state index in [0.717, 1.165) is 31.6 Å². The highest BCUT2D eigenvalue weighted by Crippen LogP contribution is 2.18. The molecule has 0 aromatic carbocycles. The fraction of sp³-hybridized carbons (Fsp3) is 0.500. The number of piperidine rings is 1. The number of methoxy groups -OCH3 is 1. The minimum absolute atomic E-state index is 0.0720. The van der Waals surface area contributed by atoms with Gasteiger partial charge in [-0.1, -0.05) is 0 Å². The summed E-state index contributed by atoms with van der Waals surface area (Å²) in [5.41, 5.74) is 1.43. The molecule has 0 bridgehead atoms. The predicted molar refractivity (Wildman–Crippen MR) is 89.2 cm³/mol. The smallest absolute Gasteiger partial charge is 0.269 e. The van der Waals surface area contributed by atoms with Gasteiger partial charge in [0.1, 0.15) is 5.69 Å². The highest BCUT2D eigenvalue weighted by atomic mass is 16.5. The highest BCUT2D eigenvalue weighted by molar-refractivity contribution is 5.92. The van der Waals surface area contributed by atoms with Crippen molar-refractivity contribution in [3.05, 3.63) is 29.8 Å². The molecule has 3 heterocycles. The summed E-state index contributed by atoms with van der Waals surface area (Å²) in [6, 6.07) is 1.96. The number of aryl methyl sites for hydroxylation is 2. The summed E-state index contributed by atoms with van der Waals surface area (Å²) in [4.78, 5) is 23.1. The van der Waals surface area contributed by atoms with E-state index in [-0.39, 0.29) is 11.9 Å². The van der Waals surface area contributed by atoms with Crippen molar-refractivity contribution < 1.29 is 9.53 Å². The molecule has 0 atom stereocenters. The first-order valence-corrected chi connectivity index (χ1v) is 7.99. The molecule has 2 aromatic rings. The summed E-state index contributed by atoms with van der Waals surface area (Å²) in [6.45, 7) is 3.49.